The van der Waals surface area contributed by atoms with Crippen LogP contribution >= 0.6 is 0 Å². The van der Waals surface area contributed by atoms with E-state index in [-0.39, 0.29) is 5.56 Å². The summed E-state index contributed by atoms with van der Waals surface area (Å²) in [5, 5.41) is 0.626. The molecule has 4 heteroatoms. The van der Waals surface area contributed by atoms with Crippen LogP contribution in [-0.4, -0.2) is 15.0 Å². The Kier molecular flexibility index (Phi) is 2.63. The summed E-state index contributed by atoms with van der Waals surface area (Å²) in [6.45, 7) is 4.01. The quantitative estimate of drug-likeness (QED) is 0.723. The molecule has 0 saturated carbocycles. The molecular formula is C15H13N3O. The first-order valence-electron chi connectivity index (χ1n) is 6.07. The molecule has 0 bridgehead atoms. The van der Waals surface area contributed by atoms with E-state index in [0.717, 1.165) is 22.2 Å². The highest BCUT2D eigenvalue weighted by Crippen LogP contribution is 2.18. The summed E-state index contributed by atoms with van der Waals surface area (Å²) in [4.78, 5) is 23.4. The summed E-state index contributed by atoms with van der Waals surface area (Å²) in [5.41, 5.74) is 3.69. The minimum atomic E-state index is -0.111. The van der Waals surface area contributed by atoms with E-state index in [0.29, 0.717) is 11.2 Å². The second-order valence-corrected chi connectivity index (χ2v) is 4.60. The van der Waals surface area contributed by atoms with Gasteiger partial charge in [0.15, 0.2) is 0 Å². The van der Waals surface area contributed by atoms with Gasteiger partial charge in [-0.2, -0.15) is 0 Å². The molecule has 3 rings (SSSR count). The Morgan fingerprint density at radius 1 is 1.05 bits per heavy atom. The summed E-state index contributed by atoms with van der Waals surface area (Å²) in [5.74, 6) is 0.572. The Balaban J connectivity index is 2.31. The number of nitrogens with zero attached hydrogens (tertiary/aromatic N) is 2. The Morgan fingerprint density at radius 2 is 1.74 bits per heavy atom. The molecule has 0 atom stereocenters. The van der Waals surface area contributed by atoms with Gasteiger partial charge in [-0.3, -0.25) is 9.78 Å². The monoisotopic (exact) mass is 251 g/mol. The van der Waals surface area contributed by atoms with Gasteiger partial charge < -0.3 is 4.98 Å². The second-order valence-electron chi connectivity index (χ2n) is 4.60. The topological polar surface area (TPSA) is 58.6 Å². The molecule has 2 heterocycles. The third kappa shape index (κ3) is 2.01. The molecular weight excluding hydrogens is 238 g/mol. The average Bonchev–Trinajstić information content (AvgIpc) is 2.42. The van der Waals surface area contributed by atoms with Gasteiger partial charge in [0.05, 0.1) is 10.9 Å². The van der Waals surface area contributed by atoms with Crippen molar-refractivity contribution in [2.24, 2.45) is 0 Å². The van der Waals surface area contributed by atoms with Gasteiger partial charge in [-0.05, 0) is 49.2 Å². The van der Waals surface area contributed by atoms with Crippen molar-refractivity contribution in [3.8, 4) is 11.4 Å². The van der Waals surface area contributed by atoms with Crippen LogP contribution in [0, 0.1) is 13.8 Å². The number of rotatable bonds is 1. The van der Waals surface area contributed by atoms with E-state index >= 15 is 0 Å². The molecule has 0 radical (unpaired) electrons. The number of hydrogen-bond acceptors (Lipinski definition) is 3. The Hall–Kier alpha value is -2.49. The van der Waals surface area contributed by atoms with Crippen LogP contribution in [0.25, 0.3) is 22.3 Å². The number of aromatic nitrogens is 3. The van der Waals surface area contributed by atoms with Gasteiger partial charge in [-0.1, -0.05) is 0 Å². The van der Waals surface area contributed by atoms with Gasteiger partial charge in [0, 0.05) is 18.0 Å². The number of nitrogens with one attached hydrogen (secondary N) is 1. The number of aryl methyl sites for hydroxylation is 2. The predicted molar refractivity (Wildman–Crippen MR) is 75.1 cm³/mol. The van der Waals surface area contributed by atoms with Gasteiger partial charge in [0.25, 0.3) is 5.56 Å². The molecule has 19 heavy (non-hydrogen) atoms. The third-order valence-corrected chi connectivity index (χ3v) is 3.27. The summed E-state index contributed by atoms with van der Waals surface area (Å²) in [6, 6.07) is 7.48. The zero-order valence-corrected chi connectivity index (χ0v) is 10.8. The summed E-state index contributed by atoms with van der Waals surface area (Å²) in [7, 11) is 0. The highest BCUT2D eigenvalue weighted by Gasteiger charge is 2.07. The molecule has 4 nitrogen and oxygen atoms in total. The van der Waals surface area contributed by atoms with Crippen LogP contribution in [0.2, 0.25) is 0 Å². The highest BCUT2D eigenvalue weighted by atomic mass is 16.1. The van der Waals surface area contributed by atoms with E-state index in [1.807, 2.05) is 38.1 Å². The lowest BCUT2D eigenvalue weighted by atomic mass is 10.1. The molecule has 0 unspecified atom stereocenters. The number of H-pyrrole nitrogens is 1. The van der Waals surface area contributed by atoms with Crippen LogP contribution in [-0.2, 0) is 0 Å². The van der Waals surface area contributed by atoms with Crippen LogP contribution in [0.5, 0.6) is 0 Å². The molecule has 2 aromatic heterocycles. The van der Waals surface area contributed by atoms with Crippen molar-refractivity contribution >= 4 is 10.9 Å². The van der Waals surface area contributed by atoms with Crippen LogP contribution in [0.1, 0.15) is 11.1 Å². The molecule has 1 N–H and O–H groups in total. The Labute approximate surface area is 110 Å². The molecule has 3 aromatic rings. The molecule has 1 aromatic carbocycles. The van der Waals surface area contributed by atoms with E-state index < -0.39 is 0 Å². The average molecular weight is 251 g/mol. The van der Waals surface area contributed by atoms with E-state index in [9.17, 15) is 4.79 Å². The first-order chi connectivity index (χ1) is 9.15. The van der Waals surface area contributed by atoms with E-state index in [1.165, 1.54) is 0 Å². The maximum absolute atomic E-state index is 12.1. The van der Waals surface area contributed by atoms with Gasteiger partial charge in [-0.25, -0.2) is 4.98 Å². The third-order valence-electron chi connectivity index (χ3n) is 3.27. The Bertz CT molecular complexity index is 807. The minimum absolute atomic E-state index is 0.111. The van der Waals surface area contributed by atoms with Crippen LogP contribution in [0.3, 0.4) is 0 Å². The number of benzene rings is 1. The van der Waals surface area contributed by atoms with Gasteiger partial charge in [-0.15, -0.1) is 0 Å². The zero-order chi connectivity index (χ0) is 13.4. The zero-order valence-electron chi connectivity index (χ0n) is 10.8. The first-order valence-corrected chi connectivity index (χ1v) is 6.07. The lowest BCUT2D eigenvalue weighted by Crippen LogP contribution is -2.10. The minimum Gasteiger partial charge on any atom is -0.306 e. The predicted octanol–water partition coefficient (Wildman–Crippen LogP) is 2.60. The fraction of sp³-hybridized carbons (Fsp3) is 0.133. The van der Waals surface area contributed by atoms with Crippen LogP contribution in [0.4, 0.5) is 0 Å². The number of pyridine rings is 1. The lowest BCUT2D eigenvalue weighted by molar-refractivity contribution is 1.16. The second kappa shape index (κ2) is 4.31. The SMILES string of the molecule is Cc1cc2nc(-c3ccncc3)[nH]c(=O)c2cc1C. The maximum atomic E-state index is 12.1. The first kappa shape index (κ1) is 11.6. The molecule has 0 aliphatic heterocycles. The van der Waals surface area contributed by atoms with Crippen molar-refractivity contribution < 1.29 is 0 Å². The molecule has 0 aliphatic carbocycles. The molecule has 0 saturated heterocycles. The van der Waals surface area contributed by atoms with Crippen molar-refractivity contribution in [2.45, 2.75) is 13.8 Å². The van der Waals surface area contributed by atoms with Crippen LogP contribution in [0.15, 0.2) is 41.5 Å². The summed E-state index contributed by atoms with van der Waals surface area (Å²) in [6.07, 6.45) is 3.36. The van der Waals surface area contributed by atoms with Crippen molar-refractivity contribution in [3.05, 3.63) is 58.1 Å². The number of fused-ring (bicyclic) bond motifs is 1. The van der Waals surface area contributed by atoms with Crippen molar-refractivity contribution in [1.82, 2.24) is 15.0 Å². The van der Waals surface area contributed by atoms with Crippen molar-refractivity contribution in [2.75, 3.05) is 0 Å². The van der Waals surface area contributed by atoms with Gasteiger partial charge in [0.1, 0.15) is 5.82 Å². The van der Waals surface area contributed by atoms with Gasteiger partial charge in [0.2, 0.25) is 0 Å². The summed E-state index contributed by atoms with van der Waals surface area (Å²) >= 11 is 0. The molecule has 0 amide bonds. The fourth-order valence-corrected chi connectivity index (χ4v) is 2.05. The van der Waals surface area contributed by atoms with Gasteiger partial charge >= 0.3 is 0 Å². The molecule has 94 valence electrons. The summed E-state index contributed by atoms with van der Waals surface area (Å²) < 4.78 is 0. The Morgan fingerprint density at radius 3 is 2.47 bits per heavy atom. The van der Waals surface area contributed by atoms with Crippen LogP contribution < -0.4 is 5.56 Å². The standard InChI is InChI=1S/C15H13N3O/c1-9-7-12-13(8-10(9)2)17-14(18-15(12)19)11-3-5-16-6-4-11/h3-8H,1-2H3,(H,17,18,19). The largest absolute Gasteiger partial charge is 0.306 e. The molecule has 0 fully saturated rings. The molecule has 0 spiro atoms. The van der Waals surface area contributed by atoms with E-state index in [2.05, 4.69) is 15.0 Å². The molecule has 0 aliphatic rings. The smallest absolute Gasteiger partial charge is 0.259 e. The highest BCUT2D eigenvalue weighted by molar-refractivity contribution is 5.81. The fourth-order valence-electron chi connectivity index (χ4n) is 2.05. The number of aromatic amines is 1. The maximum Gasteiger partial charge on any atom is 0.259 e. The normalized spacial score (nSPS) is 10.8. The lowest BCUT2D eigenvalue weighted by Gasteiger charge is -2.05. The number of hydrogen-bond donors (Lipinski definition) is 1. The van der Waals surface area contributed by atoms with E-state index in [1.54, 1.807) is 12.4 Å². The van der Waals surface area contributed by atoms with Crippen molar-refractivity contribution in [3.63, 3.8) is 0 Å². The van der Waals surface area contributed by atoms with Crippen molar-refractivity contribution in [1.29, 1.82) is 0 Å². The van der Waals surface area contributed by atoms with E-state index in [4.69, 9.17) is 0 Å².